The zero-order valence-electron chi connectivity index (χ0n) is 45.7. The van der Waals surface area contributed by atoms with Crippen molar-refractivity contribution in [2.45, 2.75) is 150 Å². The number of nitrogen functional groups attached to an aromatic ring is 1. The lowest BCUT2D eigenvalue weighted by Crippen LogP contribution is -2.44. The molecule has 0 radical (unpaired) electrons. The number of nitriles is 1. The number of nitrogens with two attached hydrogens (primary N) is 1. The van der Waals surface area contributed by atoms with Crippen molar-refractivity contribution < 1.29 is 18.8 Å². The Morgan fingerprint density at radius 1 is 1.07 bits per heavy atom. The van der Waals surface area contributed by atoms with Gasteiger partial charge in [0.05, 0.1) is 52.5 Å². The third kappa shape index (κ3) is 15.2. The second kappa shape index (κ2) is 28.2. The van der Waals surface area contributed by atoms with E-state index in [0.29, 0.717) is 59.2 Å². The fraction of sp³-hybridized carbons (Fsp3) is 0.561. The van der Waals surface area contributed by atoms with Crippen molar-refractivity contribution in [2.24, 2.45) is 16.8 Å². The second-order valence-corrected chi connectivity index (χ2v) is 23.0. The quantitative estimate of drug-likeness (QED) is 0.0355. The van der Waals surface area contributed by atoms with E-state index in [-0.39, 0.29) is 23.9 Å². The lowest BCUT2D eigenvalue weighted by Gasteiger charge is -2.25. The molecule has 408 valence electrons. The van der Waals surface area contributed by atoms with E-state index in [2.05, 4.69) is 114 Å². The van der Waals surface area contributed by atoms with E-state index < -0.39 is 0 Å². The van der Waals surface area contributed by atoms with Gasteiger partial charge in [-0.2, -0.15) is 10.2 Å². The van der Waals surface area contributed by atoms with Crippen LogP contribution >= 0.6 is 22.7 Å². The number of nitrogens with one attached hydrogen (secondary N) is 1. The zero-order chi connectivity index (χ0) is 54.1. The minimum Gasteiger partial charge on any atom is -0.475 e. The van der Waals surface area contributed by atoms with Crippen LogP contribution in [0.5, 0.6) is 5.88 Å². The number of carbonyl (C=O) groups is 2. The fourth-order valence-electron chi connectivity index (χ4n) is 10.0. The first-order valence-corrected chi connectivity index (χ1v) is 29.1. The highest BCUT2D eigenvalue weighted by Gasteiger charge is 2.34. The molecule has 4 unspecified atom stereocenters. The van der Waals surface area contributed by atoms with Crippen LogP contribution in [-0.4, -0.2) is 115 Å². The first kappa shape index (κ1) is 57.5. The van der Waals surface area contributed by atoms with E-state index in [4.69, 9.17) is 25.0 Å². The van der Waals surface area contributed by atoms with Gasteiger partial charge in [0.25, 0.3) is 5.88 Å². The molecule has 4 atom stereocenters. The molecule has 1 aliphatic carbocycles. The average Bonchev–Trinajstić information content (AvgIpc) is 4.28. The average molecular weight is 1070 g/mol. The summed E-state index contributed by atoms with van der Waals surface area (Å²) in [6.45, 7) is 25.5. The van der Waals surface area contributed by atoms with Crippen LogP contribution in [0.1, 0.15) is 169 Å². The maximum atomic E-state index is 12.8. The Balaban J connectivity index is 0.000000262. The van der Waals surface area contributed by atoms with E-state index in [1.807, 2.05) is 35.6 Å². The number of hydrogen-bond donors (Lipinski definition) is 2. The molecule has 17 nitrogen and oxygen atoms in total. The summed E-state index contributed by atoms with van der Waals surface area (Å²) in [7, 11) is 0. The number of allylic oxidation sites excluding steroid dienone is 2. The molecular weight excluding hydrogens is 995 g/mol. The van der Waals surface area contributed by atoms with Crippen LogP contribution in [0.25, 0.3) is 16.0 Å². The van der Waals surface area contributed by atoms with Gasteiger partial charge in [0.2, 0.25) is 18.2 Å². The molecule has 6 heterocycles. The van der Waals surface area contributed by atoms with Crippen LogP contribution in [0.2, 0.25) is 0 Å². The van der Waals surface area contributed by atoms with Crippen molar-refractivity contribution in [2.75, 3.05) is 51.6 Å². The van der Waals surface area contributed by atoms with E-state index in [1.54, 1.807) is 16.2 Å². The summed E-state index contributed by atoms with van der Waals surface area (Å²) in [6, 6.07) is 10.6. The summed E-state index contributed by atoms with van der Waals surface area (Å²) in [5.41, 5.74) is 13.8. The number of thiazole rings is 1. The third-order valence-corrected chi connectivity index (χ3v) is 16.8. The molecule has 2 fully saturated rings. The largest absolute Gasteiger partial charge is 0.475 e. The highest BCUT2D eigenvalue weighted by molar-refractivity contribution is 7.16. The van der Waals surface area contributed by atoms with Gasteiger partial charge in [-0.05, 0) is 132 Å². The molecular formula is C57H79N13O4S2. The molecule has 76 heavy (non-hydrogen) atoms. The standard InChI is InChI=1S/C36H52N10O2S.C21H27N3O2S/c1-6-7-12-28(35-40-36(48-42-35)29-13-10-14-31-33(29)30(23-37)34(38)49-31)15-16-39-27(5)45-19-11-18-44(20-21-45)17-8-9-22-47-32-24-46(43-41-32)26(4)25(2)3;1-14(2)11-18(23-21(26)19-5-4-10-24(19)13-25)16-6-8-17(9-7-16)20-15(3)22-12-27-20/h15-16,24-26,29H,5-14,17-22,38H2,1-4H3;6-9,12-14,18-19H,4-5,10-11H2,1-3H3,(H,23,26)/b28-15+,39-16-;. The van der Waals surface area contributed by atoms with Crippen LogP contribution in [0.15, 0.2) is 64.0 Å². The summed E-state index contributed by atoms with van der Waals surface area (Å²) in [5, 5.41) is 26.3. The molecule has 2 saturated heterocycles. The second-order valence-electron chi connectivity index (χ2n) is 21.0. The zero-order valence-corrected chi connectivity index (χ0v) is 47.4. The van der Waals surface area contributed by atoms with E-state index in [9.17, 15) is 14.9 Å². The molecule has 5 aromatic rings. The Morgan fingerprint density at radius 3 is 2.61 bits per heavy atom. The van der Waals surface area contributed by atoms with E-state index >= 15 is 0 Å². The predicted molar refractivity (Wildman–Crippen MR) is 303 cm³/mol. The van der Waals surface area contributed by atoms with Gasteiger partial charge in [0.15, 0.2) is 5.82 Å². The highest BCUT2D eigenvalue weighted by atomic mass is 32.1. The monoisotopic (exact) mass is 1070 g/mol. The van der Waals surface area contributed by atoms with Crippen LogP contribution in [0, 0.1) is 30.1 Å². The number of rotatable bonds is 23. The number of thiophene rings is 1. The minimum absolute atomic E-state index is 0.0485. The number of benzene rings is 1. The molecule has 0 bridgehead atoms. The lowest BCUT2D eigenvalue weighted by molar-refractivity contribution is -0.131. The van der Waals surface area contributed by atoms with Crippen molar-refractivity contribution in [3.8, 4) is 22.4 Å². The van der Waals surface area contributed by atoms with Crippen LogP contribution < -0.4 is 15.8 Å². The number of ether oxygens (including phenoxy) is 1. The lowest BCUT2D eigenvalue weighted by atomic mass is 9.85. The van der Waals surface area contributed by atoms with E-state index in [1.165, 1.54) is 16.2 Å². The Hall–Kier alpha value is -6.23. The topological polar surface area (TPSA) is 210 Å². The third-order valence-electron chi connectivity index (χ3n) is 14.8. The molecule has 2 aliphatic heterocycles. The van der Waals surface area contributed by atoms with Crippen molar-refractivity contribution in [3.63, 3.8) is 0 Å². The van der Waals surface area contributed by atoms with Gasteiger partial charge < -0.3 is 35.0 Å². The number of amides is 2. The number of hydrogen-bond acceptors (Lipinski definition) is 16. The molecule has 4 aromatic heterocycles. The molecule has 2 amide bonds. The molecule has 19 heteroatoms. The summed E-state index contributed by atoms with van der Waals surface area (Å²) >= 11 is 3.15. The number of aliphatic imine (C=N–C) groups is 1. The fourth-order valence-corrected chi connectivity index (χ4v) is 12.0. The first-order valence-electron chi connectivity index (χ1n) is 27.4. The molecule has 3 aliphatic rings. The number of unbranched alkanes of at least 4 members (excludes halogenated alkanes) is 2. The highest BCUT2D eigenvalue weighted by Crippen LogP contribution is 2.44. The summed E-state index contributed by atoms with van der Waals surface area (Å²) in [6.07, 6.45) is 17.8. The first-order chi connectivity index (χ1) is 36.8. The van der Waals surface area contributed by atoms with Crippen LogP contribution in [0.4, 0.5) is 5.00 Å². The number of anilines is 1. The van der Waals surface area contributed by atoms with Gasteiger partial charge in [0, 0.05) is 42.8 Å². The number of fused-ring (bicyclic) bond motifs is 1. The predicted octanol–water partition coefficient (Wildman–Crippen LogP) is 10.8. The van der Waals surface area contributed by atoms with Gasteiger partial charge >= 0.3 is 0 Å². The number of carbonyl (C=O) groups excluding carboxylic acids is 2. The van der Waals surface area contributed by atoms with Crippen LogP contribution in [0.3, 0.4) is 0 Å². The Labute approximate surface area is 457 Å². The van der Waals surface area contributed by atoms with Gasteiger partial charge in [-0.15, -0.1) is 22.7 Å². The number of likely N-dealkylation sites (tertiary alicyclic amines) is 1. The normalized spacial score (nSPS) is 18.0. The Kier molecular flexibility index (Phi) is 21.4. The summed E-state index contributed by atoms with van der Waals surface area (Å²) in [5.74, 6) is 3.29. The van der Waals surface area contributed by atoms with Gasteiger partial charge in [-0.1, -0.05) is 87.4 Å². The molecule has 1 aromatic carbocycles. The van der Waals surface area contributed by atoms with E-state index in [0.717, 1.165) is 155 Å². The molecule has 0 saturated carbocycles. The van der Waals surface area contributed by atoms with Gasteiger partial charge in [-0.3, -0.25) is 9.59 Å². The van der Waals surface area contributed by atoms with Crippen molar-refractivity contribution >= 4 is 51.8 Å². The minimum atomic E-state index is -0.337. The van der Waals surface area contributed by atoms with Crippen LogP contribution in [-0.2, 0) is 16.0 Å². The smallest absolute Gasteiger partial charge is 0.253 e. The van der Waals surface area contributed by atoms with Crippen molar-refractivity contribution in [1.82, 2.24) is 50.1 Å². The summed E-state index contributed by atoms with van der Waals surface area (Å²) in [4.78, 5) is 46.6. The van der Waals surface area contributed by atoms with Gasteiger partial charge in [-0.25, -0.2) is 14.7 Å². The summed E-state index contributed by atoms with van der Waals surface area (Å²) < 4.78 is 13.6. The maximum Gasteiger partial charge on any atom is 0.253 e. The molecule has 3 N–H and O–H groups in total. The number of aromatic nitrogens is 6. The molecule has 0 spiro atoms. The Morgan fingerprint density at radius 2 is 1.88 bits per heavy atom. The van der Waals surface area contributed by atoms with Crippen molar-refractivity contribution in [3.05, 3.63) is 93.4 Å². The SMILES string of the molecule is C=C(/N=C\C=C(/CCCC)c1noc(C2CCCc3sc(N)c(C#N)c32)n1)N1CCCN(CCCCOc2cn(C(C)C(C)C)nn2)CC1.Cc1ncsc1-c1ccc(C(CC(C)C)NC(=O)C2CCCN2C=O)cc1. The maximum absolute atomic E-state index is 12.8. The van der Waals surface area contributed by atoms with Gasteiger partial charge in [0.1, 0.15) is 22.9 Å². The number of aryl methyl sites for hydroxylation is 2. The molecule has 8 rings (SSSR count). The number of nitrogens with zero attached hydrogens (tertiary/aromatic N) is 11. The van der Waals surface area contributed by atoms with Crippen molar-refractivity contribution in [1.29, 1.82) is 5.26 Å². The Bertz CT molecular complexity index is 2770.